The normalized spacial score (nSPS) is 10.8. The van der Waals surface area contributed by atoms with Gasteiger partial charge in [-0.05, 0) is 35.9 Å². The predicted molar refractivity (Wildman–Crippen MR) is 178 cm³/mol. The van der Waals surface area contributed by atoms with Crippen molar-refractivity contribution in [3.8, 4) is 34.3 Å². The van der Waals surface area contributed by atoms with Crippen LogP contribution in [0, 0.1) is 0 Å². The van der Waals surface area contributed by atoms with Gasteiger partial charge in [-0.3, -0.25) is 9.78 Å². The van der Waals surface area contributed by atoms with Gasteiger partial charge in [-0.15, -0.1) is 0 Å². The lowest BCUT2D eigenvalue weighted by Crippen LogP contribution is -2.17. The molecule has 234 valence electrons. The number of para-hydroxylation sites is 1. The molecular weight excluding hydrogens is 610 g/mol. The minimum atomic E-state index is -0.969. The molecule has 0 saturated heterocycles. The molecule has 3 heterocycles. The minimum Gasteiger partial charge on any atom is -0.504 e. The molecule has 2 N–H and O–H groups in total. The Bertz CT molecular complexity index is 2270. The number of nitrogens with one attached hydrogen (secondary N) is 1. The van der Waals surface area contributed by atoms with Crippen LogP contribution >= 0.6 is 0 Å². The number of pyridine rings is 2. The summed E-state index contributed by atoms with van der Waals surface area (Å²) in [6.45, 7) is 0.0210. The number of aromatic nitrogens is 4. The highest BCUT2D eigenvalue weighted by Gasteiger charge is 2.17. The molecule has 0 aliphatic carbocycles. The molecule has 1 amide bonds. The van der Waals surface area contributed by atoms with Gasteiger partial charge < -0.3 is 24.6 Å². The van der Waals surface area contributed by atoms with Crippen molar-refractivity contribution >= 4 is 39.7 Å². The lowest BCUT2D eigenvalue weighted by Gasteiger charge is -2.12. The Kier molecular flexibility index (Phi) is 8.22. The van der Waals surface area contributed by atoms with Gasteiger partial charge >= 0.3 is 6.16 Å². The van der Waals surface area contributed by atoms with Crippen LogP contribution < -0.4 is 14.8 Å². The van der Waals surface area contributed by atoms with E-state index in [2.05, 4.69) is 25.3 Å². The number of rotatable bonds is 8. The maximum Gasteiger partial charge on any atom is 0.514 e. The summed E-state index contributed by atoms with van der Waals surface area (Å²) < 4.78 is 16.4. The SMILES string of the molecule is O=C(OCc1ccccc1)Oc1cc2nccc(Oc3ccc(NC(=O)c4nc(-c5ccccc5)c5ccccc5n4)nc3)c2cc1O. The standard InChI is InChI=1S/C37H25N5O6/c43-30-19-27-29(20-32(30)48-37(45)46-22-23-9-3-1-4-10-23)38-18-17-31(27)47-25-15-16-33(39-21-25)41-36(44)35-40-28-14-8-7-13-26(28)34(42-35)24-11-5-2-6-12-24/h1-21,43H,22H2,(H,39,41,44). The van der Waals surface area contributed by atoms with E-state index in [0.717, 1.165) is 16.5 Å². The number of anilines is 1. The fourth-order valence-electron chi connectivity index (χ4n) is 4.95. The largest absolute Gasteiger partial charge is 0.514 e. The van der Waals surface area contributed by atoms with E-state index in [9.17, 15) is 14.7 Å². The number of fused-ring (bicyclic) bond motifs is 2. The molecule has 0 unspecified atom stereocenters. The molecule has 0 atom stereocenters. The van der Waals surface area contributed by atoms with E-state index < -0.39 is 12.1 Å². The number of nitrogens with zero attached hydrogens (tertiary/aromatic N) is 4. The molecule has 0 radical (unpaired) electrons. The topological polar surface area (TPSA) is 146 Å². The summed E-state index contributed by atoms with van der Waals surface area (Å²) in [6.07, 6.45) is 1.99. The number of carbonyl (C=O) groups excluding carboxylic acids is 2. The summed E-state index contributed by atoms with van der Waals surface area (Å²) in [5, 5.41) is 14.6. The molecule has 3 aromatic heterocycles. The quantitative estimate of drug-likeness (QED) is 0.126. The van der Waals surface area contributed by atoms with Crippen LogP contribution in [0.1, 0.15) is 16.2 Å². The number of phenolic OH excluding ortho intramolecular Hbond substituents is 1. The fourth-order valence-corrected chi connectivity index (χ4v) is 4.95. The maximum atomic E-state index is 13.2. The van der Waals surface area contributed by atoms with E-state index in [1.807, 2.05) is 84.9 Å². The Hall–Kier alpha value is -6.88. The third-order valence-electron chi connectivity index (χ3n) is 7.23. The zero-order chi connectivity index (χ0) is 32.9. The molecule has 0 aliphatic heterocycles. The highest BCUT2D eigenvalue weighted by atomic mass is 16.7. The summed E-state index contributed by atoms with van der Waals surface area (Å²) in [6, 6.07) is 33.9. The number of ether oxygens (including phenoxy) is 3. The first kappa shape index (κ1) is 29.8. The highest BCUT2D eigenvalue weighted by Crippen LogP contribution is 2.36. The molecule has 0 bridgehead atoms. The summed E-state index contributed by atoms with van der Waals surface area (Å²) in [5.41, 5.74) is 3.36. The summed E-state index contributed by atoms with van der Waals surface area (Å²) in [7, 11) is 0. The summed E-state index contributed by atoms with van der Waals surface area (Å²) in [4.78, 5) is 43.1. The van der Waals surface area contributed by atoms with Crippen LogP contribution in [0.2, 0.25) is 0 Å². The molecule has 7 aromatic rings. The second-order valence-corrected chi connectivity index (χ2v) is 10.5. The predicted octanol–water partition coefficient (Wildman–Crippen LogP) is 7.71. The molecule has 48 heavy (non-hydrogen) atoms. The van der Waals surface area contributed by atoms with Crippen LogP contribution in [0.5, 0.6) is 23.0 Å². The van der Waals surface area contributed by atoms with Gasteiger partial charge in [0.05, 0.1) is 22.9 Å². The van der Waals surface area contributed by atoms with E-state index in [0.29, 0.717) is 33.6 Å². The maximum absolute atomic E-state index is 13.2. The van der Waals surface area contributed by atoms with Gasteiger partial charge in [-0.2, -0.15) is 0 Å². The van der Waals surface area contributed by atoms with Gasteiger partial charge in [0.2, 0.25) is 5.82 Å². The van der Waals surface area contributed by atoms with Crippen molar-refractivity contribution in [2.45, 2.75) is 6.61 Å². The molecule has 11 nitrogen and oxygen atoms in total. The molecule has 7 rings (SSSR count). The minimum absolute atomic E-state index is 0.00514. The Morgan fingerprint density at radius 3 is 2.29 bits per heavy atom. The monoisotopic (exact) mass is 635 g/mol. The lowest BCUT2D eigenvalue weighted by atomic mass is 10.1. The van der Waals surface area contributed by atoms with E-state index in [1.165, 1.54) is 24.5 Å². The fraction of sp³-hybridized carbons (Fsp3) is 0.0270. The van der Waals surface area contributed by atoms with Crippen molar-refractivity contribution in [2.24, 2.45) is 0 Å². The van der Waals surface area contributed by atoms with Crippen LogP contribution in [0.3, 0.4) is 0 Å². The Labute approximate surface area is 273 Å². The molecule has 0 saturated carbocycles. The highest BCUT2D eigenvalue weighted by molar-refractivity contribution is 6.04. The zero-order valence-corrected chi connectivity index (χ0v) is 25.1. The molecular formula is C37H25N5O6. The van der Waals surface area contributed by atoms with E-state index in [-0.39, 0.29) is 29.7 Å². The average molecular weight is 636 g/mol. The third kappa shape index (κ3) is 6.56. The zero-order valence-electron chi connectivity index (χ0n) is 25.1. The van der Waals surface area contributed by atoms with Crippen LogP contribution in [0.4, 0.5) is 10.6 Å². The number of hydrogen-bond donors (Lipinski definition) is 2. The second-order valence-electron chi connectivity index (χ2n) is 10.5. The van der Waals surface area contributed by atoms with Gasteiger partial charge in [0.25, 0.3) is 5.91 Å². The molecule has 0 aliphatic rings. The Morgan fingerprint density at radius 2 is 1.50 bits per heavy atom. The molecule has 0 fully saturated rings. The van der Waals surface area contributed by atoms with Crippen molar-refractivity contribution < 1.29 is 28.9 Å². The lowest BCUT2D eigenvalue weighted by molar-refractivity contribution is 0.0917. The Morgan fingerprint density at radius 1 is 0.729 bits per heavy atom. The number of benzene rings is 4. The van der Waals surface area contributed by atoms with E-state index in [4.69, 9.17) is 14.2 Å². The van der Waals surface area contributed by atoms with Gasteiger partial charge in [-0.1, -0.05) is 78.9 Å². The van der Waals surface area contributed by atoms with Crippen LogP contribution in [0.15, 0.2) is 128 Å². The van der Waals surface area contributed by atoms with Crippen molar-refractivity contribution in [3.63, 3.8) is 0 Å². The van der Waals surface area contributed by atoms with Crippen LogP contribution in [-0.4, -0.2) is 37.1 Å². The number of amides is 1. The van der Waals surface area contributed by atoms with Crippen molar-refractivity contribution in [2.75, 3.05) is 5.32 Å². The second kappa shape index (κ2) is 13.2. The summed E-state index contributed by atoms with van der Waals surface area (Å²) in [5.74, 6) is 0.0618. The third-order valence-corrected chi connectivity index (χ3v) is 7.23. The van der Waals surface area contributed by atoms with Gasteiger partial charge in [0, 0.05) is 28.6 Å². The summed E-state index contributed by atoms with van der Waals surface area (Å²) >= 11 is 0. The molecule has 0 spiro atoms. The first-order valence-corrected chi connectivity index (χ1v) is 14.8. The number of aromatic hydroxyl groups is 1. The van der Waals surface area contributed by atoms with Crippen molar-refractivity contribution in [1.82, 2.24) is 19.9 Å². The van der Waals surface area contributed by atoms with Crippen LogP contribution in [0.25, 0.3) is 33.1 Å². The van der Waals surface area contributed by atoms with Gasteiger partial charge in [0.15, 0.2) is 11.5 Å². The van der Waals surface area contributed by atoms with Gasteiger partial charge in [-0.25, -0.2) is 19.7 Å². The van der Waals surface area contributed by atoms with Crippen molar-refractivity contribution in [1.29, 1.82) is 0 Å². The molecule has 4 aromatic carbocycles. The first-order chi connectivity index (χ1) is 23.5. The van der Waals surface area contributed by atoms with Crippen LogP contribution in [-0.2, 0) is 11.3 Å². The number of carbonyl (C=O) groups is 2. The first-order valence-electron chi connectivity index (χ1n) is 14.8. The average Bonchev–Trinajstić information content (AvgIpc) is 3.12. The van der Waals surface area contributed by atoms with Crippen molar-refractivity contribution in [3.05, 3.63) is 139 Å². The Balaban J connectivity index is 1.05. The molecule has 11 heteroatoms. The smallest absolute Gasteiger partial charge is 0.504 e. The number of hydrogen-bond acceptors (Lipinski definition) is 10. The van der Waals surface area contributed by atoms with E-state index >= 15 is 0 Å². The van der Waals surface area contributed by atoms with E-state index in [1.54, 1.807) is 18.2 Å². The van der Waals surface area contributed by atoms with Gasteiger partial charge in [0.1, 0.15) is 23.9 Å². The number of phenols is 1.